The summed E-state index contributed by atoms with van der Waals surface area (Å²) in [4.78, 5) is 13.3. The molecular formula is C4H4N2O2. The highest BCUT2D eigenvalue weighted by atomic mass is 16.4. The summed E-state index contributed by atoms with van der Waals surface area (Å²) in [5.41, 5.74) is 5.28. The highest BCUT2D eigenvalue weighted by Crippen LogP contribution is 2.01. The Kier molecular flexibility index (Phi) is 0.802. The number of aliphatic carboxylic acids is 1. The molecule has 4 nitrogen and oxygen atoms in total. The Balaban J connectivity index is 2.66. The van der Waals surface area contributed by atoms with E-state index in [1.165, 1.54) is 6.20 Å². The van der Waals surface area contributed by atoms with Crippen molar-refractivity contribution in [3.05, 3.63) is 11.9 Å². The maximum Gasteiger partial charge on any atom is 0.356 e. The standard InChI is InChI=1S/C4H4N2O2/c5-2-1-6-3(2)4(7)8/h1H,5H2,(H,7,8). The molecule has 0 saturated carbocycles. The molecular weight excluding hydrogens is 108 g/mol. The average molecular weight is 112 g/mol. The van der Waals surface area contributed by atoms with E-state index in [0.717, 1.165) is 0 Å². The molecule has 0 saturated heterocycles. The molecule has 42 valence electrons. The van der Waals surface area contributed by atoms with Gasteiger partial charge >= 0.3 is 5.97 Å². The number of carboxylic acids is 1. The fourth-order valence-corrected chi connectivity index (χ4v) is 0.382. The van der Waals surface area contributed by atoms with Crippen molar-refractivity contribution < 1.29 is 9.90 Å². The van der Waals surface area contributed by atoms with Crippen LogP contribution in [0.2, 0.25) is 0 Å². The van der Waals surface area contributed by atoms with Crippen LogP contribution >= 0.6 is 0 Å². The van der Waals surface area contributed by atoms with Crippen LogP contribution in [0.25, 0.3) is 0 Å². The van der Waals surface area contributed by atoms with E-state index in [1.807, 2.05) is 0 Å². The number of hydrogen-bond donors (Lipinski definition) is 2. The second-order valence-electron chi connectivity index (χ2n) is 1.37. The summed E-state index contributed by atoms with van der Waals surface area (Å²) in [7, 11) is 0. The molecule has 8 heavy (non-hydrogen) atoms. The number of aliphatic imine (C=N–C) groups is 1. The van der Waals surface area contributed by atoms with E-state index in [1.54, 1.807) is 0 Å². The number of nitrogens with zero attached hydrogens (tertiary/aromatic N) is 1. The quantitative estimate of drug-likeness (QED) is 0.472. The van der Waals surface area contributed by atoms with Crippen LogP contribution < -0.4 is 5.73 Å². The van der Waals surface area contributed by atoms with Gasteiger partial charge in [-0.05, 0) is 0 Å². The zero-order valence-electron chi connectivity index (χ0n) is 3.96. The molecule has 0 bridgehead atoms. The second kappa shape index (κ2) is 1.33. The first-order valence-electron chi connectivity index (χ1n) is 1.99. The molecule has 0 fully saturated rings. The van der Waals surface area contributed by atoms with Crippen molar-refractivity contribution in [1.29, 1.82) is 0 Å². The monoisotopic (exact) mass is 112 g/mol. The van der Waals surface area contributed by atoms with Crippen molar-refractivity contribution in [2.24, 2.45) is 10.7 Å². The third-order valence-electron chi connectivity index (χ3n) is 0.809. The van der Waals surface area contributed by atoms with Gasteiger partial charge in [0.2, 0.25) is 0 Å². The van der Waals surface area contributed by atoms with Crippen molar-refractivity contribution in [2.45, 2.75) is 0 Å². The van der Waals surface area contributed by atoms with E-state index in [9.17, 15) is 4.79 Å². The number of hydrogen-bond acceptors (Lipinski definition) is 3. The summed E-state index contributed by atoms with van der Waals surface area (Å²) in [5, 5.41) is 8.15. The topological polar surface area (TPSA) is 75.7 Å². The molecule has 0 aromatic carbocycles. The van der Waals surface area contributed by atoms with Gasteiger partial charge in [0.25, 0.3) is 0 Å². The Bertz CT molecular complexity index is 186. The van der Waals surface area contributed by atoms with E-state index in [0.29, 0.717) is 0 Å². The number of carbonyl (C=O) groups is 1. The van der Waals surface area contributed by atoms with Crippen molar-refractivity contribution in [1.82, 2.24) is 0 Å². The molecule has 0 atom stereocenters. The van der Waals surface area contributed by atoms with E-state index < -0.39 is 5.97 Å². The van der Waals surface area contributed by atoms with E-state index >= 15 is 0 Å². The second-order valence-corrected chi connectivity index (χ2v) is 1.37. The van der Waals surface area contributed by atoms with Crippen LogP contribution in [-0.2, 0) is 4.79 Å². The van der Waals surface area contributed by atoms with Gasteiger partial charge in [-0.3, -0.25) is 0 Å². The van der Waals surface area contributed by atoms with E-state index in [2.05, 4.69) is 4.99 Å². The first-order valence-corrected chi connectivity index (χ1v) is 1.99. The molecule has 0 radical (unpaired) electrons. The highest BCUT2D eigenvalue weighted by molar-refractivity contribution is 6.44. The Morgan fingerprint density at radius 3 is 2.50 bits per heavy atom. The van der Waals surface area contributed by atoms with Gasteiger partial charge in [-0.25, -0.2) is 9.79 Å². The van der Waals surface area contributed by atoms with Crippen LogP contribution in [0.15, 0.2) is 16.9 Å². The third-order valence-corrected chi connectivity index (χ3v) is 0.809. The van der Waals surface area contributed by atoms with Crippen LogP contribution in [-0.4, -0.2) is 16.8 Å². The lowest BCUT2D eigenvalue weighted by Gasteiger charge is -2.04. The normalized spacial score (nSPS) is 16.0. The van der Waals surface area contributed by atoms with Crippen LogP contribution in [0.5, 0.6) is 0 Å². The maximum atomic E-state index is 9.94. The Morgan fingerprint density at radius 2 is 2.50 bits per heavy atom. The molecule has 0 unspecified atom stereocenters. The molecule has 1 heterocycles. The minimum Gasteiger partial charge on any atom is -0.476 e. The summed E-state index contributed by atoms with van der Waals surface area (Å²) in [5.74, 6) is -1.06. The number of nitrogens with two attached hydrogens (primary N) is 1. The van der Waals surface area contributed by atoms with Crippen LogP contribution in [0.4, 0.5) is 0 Å². The first-order chi connectivity index (χ1) is 3.72. The lowest BCUT2D eigenvalue weighted by molar-refractivity contribution is -0.129. The number of rotatable bonds is 1. The largest absolute Gasteiger partial charge is 0.476 e. The zero-order chi connectivity index (χ0) is 6.15. The van der Waals surface area contributed by atoms with Crippen molar-refractivity contribution in [2.75, 3.05) is 0 Å². The molecule has 0 aromatic rings. The van der Waals surface area contributed by atoms with Gasteiger partial charge in [-0.15, -0.1) is 0 Å². The van der Waals surface area contributed by atoms with Gasteiger partial charge in [0.15, 0.2) is 5.71 Å². The average Bonchev–Trinajstić information content (AvgIpc) is 1.61. The number of carboxylic acid groups (broad SMARTS) is 1. The lowest BCUT2D eigenvalue weighted by Crippen LogP contribution is -2.25. The molecule has 3 N–H and O–H groups in total. The van der Waals surface area contributed by atoms with Gasteiger partial charge in [-0.2, -0.15) is 0 Å². The molecule has 1 rings (SSSR count). The minimum absolute atomic E-state index is 0.0370. The first kappa shape index (κ1) is 4.83. The van der Waals surface area contributed by atoms with Crippen molar-refractivity contribution in [3.63, 3.8) is 0 Å². The van der Waals surface area contributed by atoms with Gasteiger partial charge in [-0.1, -0.05) is 0 Å². The Labute approximate surface area is 45.3 Å². The smallest absolute Gasteiger partial charge is 0.356 e. The summed E-state index contributed by atoms with van der Waals surface area (Å²) in [6, 6.07) is 0. The van der Waals surface area contributed by atoms with Gasteiger partial charge in [0, 0.05) is 0 Å². The van der Waals surface area contributed by atoms with Crippen LogP contribution in [0.1, 0.15) is 0 Å². The SMILES string of the molecule is NC1=CN=C1C(=O)O. The molecule has 0 amide bonds. The fraction of sp³-hybridized carbons (Fsp3) is 0. The predicted octanol–water partition coefficient (Wildman–Crippen LogP) is -0.674. The van der Waals surface area contributed by atoms with Gasteiger partial charge in [0.1, 0.15) is 0 Å². The molecule has 1 aliphatic heterocycles. The Morgan fingerprint density at radius 1 is 1.88 bits per heavy atom. The lowest BCUT2D eigenvalue weighted by atomic mass is 10.2. The van der Waals surface area contributed by atoms with Crippen LogP contribution in [0.3, 0.4) is 0 Å². The summed E-state index contributed by atoms with van der Waals surface area (Å²) in [6.07, 6.45) is 1.31. The van der Waals surface area contributed by atoms with Crippen molar-refractivity contribution >= 4 is 11.7 Å². The summed E-state index contributed by atoms with van der Waals surface area (Å²) < 4.78 is 0. The fourth-order valence-electron chi connectivity index (χ4n) is 0.382. The van der Waals surface area contributed by atoms with Crippen molar-refractivity contribution in [3.8, 4) is 0 Å². The summed E-state index contributed by atoms with van der Waals surface area (Å²) in [6.45, 7) is 0. The minimum atomic E-state index is -1.06. The highest BCUT2D eigenvalue weighted by Gasteiger charge is 2.16. The van der Waals surface area contributed by atoms with E-state index in [4.69, 9.17) is 10.8 Å². The molecule has 0 aliphatic carbocycles. The predicted molar refractivity (Wildman–Crippen MR) is 27.3 cm³/mol. The van der Waals surface area contributed by atoms with Gasteiger partial charge < -0.3 is 10.8 Å². The Hall–Kier alpha value is -1.32. The molecule has 1 aliphatic rings. The zero-order valence-corrected chi connectivity index (χ0v) is 3.96. The third kappa shape index (κ3) is 0.465. The van der Waals surface area contributed by atoms with E-state index in [-0.39, 0.29) is 11.4 Å². The van der Waals surface area contributed by atoms with Gasteiger partial charge in [0.05, 0.1) is 11.9 Å². The van der Waals surface area contributed by atoms with Crippen LogP contribution in [0, 0.1) is 0 Å². The maximum absolute atomic E-state index is 9.94. The molecule has 0 aromatic heterocycles. The molecule has 0 spiro atoms. The summed E-state index contributed by atoms with van der Waals surface area (Å²) >= 11 is 0. The molecule has 4 heteroatoms.